The van der Waals surface area contributed by atoms with Crippen LogP contribution in [0.5, 0.6) is 0 Å². The summed E-state index contributed by atoms with van der Waals surface area (Å²) in [4.78, 5) is 11.0. The minimum Gasteiger partial charge on any atom is -0.388 e. The number of nitrogens with two attached hydrogens (primary N) is 1. The number of hydrogen-bond acceptors (Lipinski definition) is 4. The molecule has 1 heterocycles. The molecule has 0 atom stereocenters. The molecule has 98 valence electrons. The Morgan fingerprint density at radius 1 is 1.26 bits per heavy atom. The molecule has 0 aliphatic rings. The second kappa shape index (κ2) is 6.24. The fraction of sp³-hybridized carbons (Fsp3) is 0.214. The lowest BCUT2D eigenvalue weighted by molar-refractivity contribution is 0.790. The van der Waals surface area contributed by atoms with Gasteiger partial charge in [-0.3, -0.25) is 0 Å². The standard InChI is InChI=1S/C14H16N4S/c1-2-18(10-11-6-4-3-5-7-11)14-16-9-8-12(17-14)13(15)19/h3-9H,2,10H2,1H3,(H2,15,19). The number of thiocarbonyl (C=S) groups is 1. The minimum absolute atomic E-state index is 0.291. The Bertz CT molecular complexity index is 556. The van der Waals surface area contributed by atoms with Gasteiger partial charge in [0, 0.05) is 19.3 Å². The fourth-order valence-electron chi connectivity index (χ4n) is 1.77. The minimum atomic E-state index is 0.291. The first-order chi connectivity index (χ1) is 9.20. The summed E-state index contributed by atoms with van der Waals surface area (Å²) in [6.07, 6.45) is 1.68. The van der Waals surface area contributed by atoms with Gasteiger partial charge in [0.1, 0.15) is 10.7 Å². The molecule has 0 spiro atoms. The van der Waals surface area contributed by atoms with Crippen LogP contribution in [0.25, 0.3) is 0 Å². The van der Waals surface area contributed by atoms with E-state index < -0.39 is 0 Å². The zero-order valence-electron chi connectivity index (χ0n) is 10.8. The molecule has 1 aromatic heterocycles. The van der Waals surface area contributed by atoms with Crippen LogP contribution in [0.2, 0.25) is 0 Å². The Morgan fingerprint density at radius 2 is 2.00 bits per heavy atom. The van der Waals surface area contributed by atoms with Crippen LogP contribution in [-0.4, -0.2) is 21.5 Å². The van der Waals surface area contributed by atoms with Gasteiger partial charge in [0.25, 0.3) is 0 Å². The number of benzene rings is 1. The van der Waals surface area contributed by atoms with Crippen LogP contribution in [0, 0.1) is 0 Å². The van der Waals surface area contributed by atoms with Gasteiger partial charge in [-0.25, -0.2) is 9.97 Å². The van der Waals surface area contributed by atoms with Gasteiger partial charge in [-0.15, -0.1) is 0 Å². The Balaban J connectivity index is 2.22. The molecule has 0 amide bonds. The van der Waals surface area contributed by atoms with Gasteiger partial charge in [-0.1, -0.05) is 42.5 Å². The highest BCUT2D eigenvalue weighted by atomic mass is 32.1. The van der Waals surface area contributed by atoms with Crippen molar-refractivity contribution in [3.05, 3.63) is 53.9 Å². The summed E-state index contributed by atoms with van der Waals surface area (Å²) < 4.78 is 0. The summed E-state index contributed by atoms with van der Waals surface area (Å²) in [6, 6.07) is 11.9. The van der Waals surface area contributed by atoms with Gasteiger partial charge in [0.2, 0.25) is 5.95 Å². The third-order valence-electron chi connectivity index (χ3n) is 2.78. The Hall–Kier alpha value is -2.01. The van der Waals surface area contributed by atoms with E-state index >= 15 is 0 Å². The zero-order valence-corrected chi connectivity index (χ0v) is 11.6. The van der Waals surface area contributed by atoms with Crippen LogP contribution in [0.1, 0.15) is 18.2 Å². The van der Waals surface area contributed by atoms with Crippen molar-refractivity contribution in [1.82, 2.24) is 9.97 Å². The van der Waals surface area contributed by atoms with Gasteiger partial charge < -0.3 is 10.6 Å². The summed E-state index contributed by atoms with van der Waals surface area (Å²) in [5.74, 6) is 0.650. The van der Waals surface area contributed by atoms with Gasteiger partial charge >= 0.3 is 0 Å². The average Bonchev–Trinajstić information content (AvgIpc) is 2.46. The summed E-state index contributed by atoms with van der Waals surface area (Å²) in [7, 11) is 0. The van der Waals surface area contributed by atoms with E-state index in [1.807, 2.05) is 18.2 Å². The van der Waals surface area contributed by atoms with E-state index in [4.69, 9.17) is 18.0 Å². The highest BCUT2D eigenvalue weighted by Crippen LogP contribution is 2.12. The second-order valence-corrected chi connectivity index (χ2v) is 4.55. The van der Waals surface area contributed by atoms with E-state index in [0.29, 0.717) is 16.6 Å². The highest BCUT2D eigenvalue weighted by Gasteiger charge is 2.09. The smallest absolute Gasteiger partial charge is 0.226 e. The molecular formula is C14H16N4S. The van der Waals surface area contributed by atoms with Crippen LogP contribution in [0.15, 0.2) is 42.6 Å². The predicted octanol–water partition coefficient (Wildman–Crippen LogP) is 2.14. The van der Waals surface area contributed by atoms with Gasteiger partial charge in [0.15, 0.2) is 0 Å². The summed E-state index contributed by atoms with van der Waals surface area (Å²) in [6.45, 7) is 3.65. The van der Waals surface area contributed by atoms with Gasteiger partial charge in [0.05, 0.1) is 0 Å². The molecule has 0 bridgehead atoms. The monoisotopic (exact) mass is 272 g/mol. The number of aromatic nitrogens is 2. The third-order valence-corrected chi connectivity index (χ3v) is 2.99. The second-order valence-electron chi connectivity index (χ2n) is 4.11. The first-order valence-electron chi connectivity index (χ1n) is 6.12. The summed E-state index contributed by atoms with van der Waals surface area (Å²) in [5, 5.41) is 0. The fourth-order valence-corrected chi connectivity index (χ4v) is 1.88. The molecule has 0 aliphatic carbocycles. The quantitative estimate of drug-likeness (QED) is 0.845. The van der Waals surface area contributed by atoms with E-state index in [2.05, 4.69) is 33.9 Å². The van der Waals surface area contributed by atoms with Crippen molar-refractivity contribution < 1.29 is 0 Å². The van der Waals surface area contributed by atoms with Crippen molar-refractivity contribution in [1.29, 1.82) is 0 Å². The van der Waals surface area contributed by atoms with Crippen molar-refractivity contribution in [3.63, 3.8) is 0 Å². The van der Waals surface area contributed by atoms with E-state index in [1.165, 1.54) is 5.56 Å². The normalized spacial score (nSPS) is 10.2. The molecule has 1 aromatic carbocycles. The van der Waals surface area contributed by atoms with E-state index in [1.54, 1.807) is 12.3 Å². The molecule has 4 nitrogen and oxygen atoms in total. The number of hydrogen-bond donors (Lipinski definition) is 1. The van der Waals surface area contributed by atoms with Gasteiger partial charge in [-0.2, -0.15) is 0 Å². The molecule has 0 saturated heterocycles. The van der Waals surface area contributed by atoms with Crippen LogP contribution in [0.3, 0.4) is 0 Å². The molecule has 5 heteroatoms. The number of nitrogens with zero attached hydrogens (tertiary/aromatic N) is 3. The number of rotatable bonds is 5. The Morgan fingerprint density at radius 3 is 2.63 bits per heavy atom. The van der Waals surface area contributed by atoms with Crippen molar-refractivity contribution >= 4 is 23.2 Å². The summed E-state index contributed by atoms with van der Waals surface area (Å²) in [5.41, 5.74) is 7.42. The zero-order chi connectivity index (χ0) is 13.7. The Kier molecular flexibility index (Phi) is 4.41. The lowest BCUT2D eigenvalue weighted by Crippen LogP contribution is -2.25. The number of anilines is 1. The average molecular weight is 272 g/mol. The van der Waals surface area contributed by atoms with Crippen LogP contribution in [-0.2, 0) is 6.54 Å². The van der Waals surface area contributed by atoms with Crippen LogP contribution in [0.4, 0.5) is 5.95 Å². The maximum absolute atomic E-state index is 5.60. The third kappa shape index (κ3) is 3.48. The van der Waals surface area contributed by atoms with Crippen molar-refractivity contribution in [2.75, 3.05) is 11.4 Å². The first kappa shape index (κ1) is 13.4. The molecule has 2 aromatic rings. The molecule has 2 N–H and O–H groups in total. The van der Waals surface area contributed by atoms with Crippen LogP contribution >= 0.6 is 12.2 Å². The lowest BCUT2D eigenvalue weighted by atomic mass is 10.2. The maximum Gasteiger partial charge on any atom is 0.226 e. The lowest BCUT2D eigenvalue weighted by Gasteiger charge is -2.21. The van der Waals surface area contributed by atoms with E-state index in [-0.39, 0.29) is 0 Å². The van der Waals surface area contributed by atoms with Crippen molar-refractivity contribution in [2.45, 2.75) is 13.5 Å². The van der Waals surface area contributed by atoms with Crippen LogP contribution < -0.4 is 10.6 Å². The molecule has 0 aliphatic heterocycles. The van der Waals surface area contributed by atoms with Crippen molar-refractivity contribution in [3.8, 4) is 0 Å². The molecule has 19 heavy (non-hydrogen) atoms. The van der Waals surface area contributed by atoms with Crippen molar-refractivity contribution in [2.24, 2.45) is 5.73 Å². The molecular weight excluding hydrogens is 256 g/mol. The highest BCUT2D eigenvalue weighted by molar-refractivity contribution is 7.80. The maximum atomic E-state index is 5.60. The first-order valence-corrected chi connectivity index (χ1v) is 6.53. The van der Waals surface area contributed by atoms with Gasteiger partial charge in [-0.05, 0) is 18.6 Å². The molecule has 2 rings (SSSR count). The topological polar surface area (TPSA) is 55.0 Å². The van der Waals surface area contributed by atoms with E-state index in [9.17, 15) is 0 Å². The van der Waals surface area contributed by atoms with E-state index in [0.717, 1.165) is 13.1 Å². The molecule has 0 fully saturated rings. The predicted molar refractivity (Wildman–Crippen MR) is 81.1 cm³/mol. The molecule has 0 saturated carbocycles. The molecule has 0 radical (unpaired) electrons. The SMILES string of the molecule is CCN(Cc1ccccc1)c1nccc(C(N)=S)n1. The summed E-state index contributed by atoms with van der Waals surface area (Å²) >= 11 is 4.94. The Labute approximate surface area is 118 Å². The largest absolute Gasteiger partial charge is 0.388 e. The molecule has 0 unspecified atom stereocenters.